The SMILES string of the molecule is O=C(O)c1noc(-c2c(F)ccc([N+](=O)[O-])c2F)n1. The summed E-state index contributed by atoms with van der Waals surface area (Å²) in [5, 5.41) is 22.0. The Balaban J connectivity index is 2.63. The maximum absolute atomic E-state index is 13.7. The normalized spacial score (nSPS) is 10.4. The first kappa shape index (κ1) is 12.5. The van der Waals surface area contributed by atoms with E-state index in [1.54, 1.807) is 0 Å². The van der Waals surface area contributed by atoms with Crippen LogP contribution in [0.5, 0.6) is 0 Å². The summed E-state index contributed by atoms with van der Waals surface area (Å²) in [7, 11) is 0. The van der Waals surface area contributed by atoms with Crippen LogP contribution in [-0.2, 0) is 0 Å². The van der Waals surface area contributed by atoms with Crippen LogP contribution in [0.25, 0.3) is 11.5 Å². The van der Waals surface area contributed by atoms with E-state index in [-0.39, 0.29) is 0 Å². The largest absolute Gasteiger partial charge is 0.475 e. The number of halogens is 2. The van der Waals surface area contributed by atoms with Crippen LogP contribution in [0.1, 0.15) is 10.6 Å². The van der Waals surface area contributed by atoms with Crippen LogP contribution in [0.15, 0.2) is 16.7 Å². The summed E-state index contributed by atoms with van der Waals surface area (Å²) < 4.78 is 31.5. The number of nitro groups is 1. The fourth-order valence-electron chi connectivity index (χ4n) is 1.29. The summed E-state index contributed by atoms with van der Waals surface area (Å²) in [5.41, 5.74) is -1.94. The topological polar surface area (TPSA) is 119 Å². The lowest BCUT2D eigenvalue weighted by molar-refractivity contribution is -0.387. The van der Waals surface area contributed by atoms with Crippen molar-refractivity contribution in [2.45, 2.75) is 0 Å². The van der Waals surface area contributed by atoms with E-state index in [1.165, 1.54) is 0 Å². The molecule has 19 heavy (non-hydrogen) atoms. The number of carboxylic acid groups (broad SMARTS) is 1. The fraction of sp³-hybridized carbons (Fsp3) is 0. The second-order valence-corrected chi connectivity index (χ2v) is 3.24. The number of hydrogen-bond donors (Lipinski definition) is 1. The van der Waals surface area contributed by atoms with Crippen LogP contribution >= 0.6 is 0 Å². The second-order valence-electron chi connectivity index (χ2n) is 3.24. The van der Waals surface area contributed by atoms with Crippen molar-refractivity contribution in [1.82, 2.24) is 10.1 Å². The van der Waals surface area contributed by atoms with Gasteiger partial charge in [0, 0.05) is 6.07 Å². The first-order valence-corrected chi connectivity index (χ1v) is 4.61. The van der Waals surface area contributed by atoms with Crippen molar-refractivity contribution in [3.05, 3.63) is 39.7 Å². The summed E-state index contributed by atoms with van der Waals surface area (Å²) in [5.74, 6) is -5.90. The highest BCUT2D eigenvalue weighted by Crippen LogP contribution is 2.30. The van der Waals surface area contributed by atoms with E-state index < -0.39 is 45.5 Å². The molecule has 0 saturated carbocycles. The molecule has 0 spiro atoms. The predicted octanol–water partition coefficient (Wildman–Crippen LogP) is 1.62. The Morgan fingerprint density at radius 1 is 1.42 bits per heavy atom. The van der Waals surface area contributed by atoms with Crippen LogP contribution in [0.3, 0.4) is 0 Å². The molecule has 0 aliphatic heterocycles. The molecule has 1 heterocycles. The van der Waals surface area contributed by atoms with Gasteiger partial charge in [0.15, 0.2) is 0 Å². The fourth-order valence-corrected chi connectivity index (χ4v) is 1.29. The molecule has 1 N–H and O–H groups in total. The van der Waals surface area contributed by atoms with Gasteiger partial charge in [-0.15, -0.1) is 0 Å². The van der Waals surface area contributed by atoms with Crippen molar-refractivity contribution in [3.8, 4) is 11.5 Å². The van der Waals surface area contributed by atoms with Crippen LogP contribution in [0.4, 0.5) is 14.5 Å². The molecule has 8 nitrogen and oxygen atoms in total. The third-order valence-electron chi connectivity index (χ3n) is 2.10. The summed E-state index contributed by atoms with van der Waals surface area (Å²) in [6, 6.07) is 1.27. The van der Waals surface area contributed by atoms with Crippen molar-refractivity contribution in [1.29, 1.82) is 0 Å². The van der Waals surface area contributed by atoms with Crippen molar-refractivity contribution in [2.75, 3.05) is 0 Å². The molecule has 10 heteroatoms. The highest BCUT2D eigenvalue weighted by atomic mass is 19.1. The van der Waals surface area contributed by atoms with Gasteiger partial charge in [0.2, 0.25) is 5.82 Å². The number of hydrogen-bond acceptors (Lipinski definition) is 6. The standard InChI is InChI=1S/C9H3F2N3O5/c10-3-1-2-4(14(17)18)6(11)5(3)8-12-7(9(15)16)13-19-8/h1-2H,(H,15,16). The van der Waals surface area contributed by atoms with Gasteiger partial charge >= 0.3 is 11.7 Å². The molecule has 0 aliphatic rings. The van der Waals surface area contributed by atoms with E-state index in [0.717, 1.165) is 0 Å². The van der Waals surface area contributed by atoms with E-state index >= 15 is 0 Å². The van der Waals surface area contributed by atoms with E-state index in [2.05, 4.69) is 14.7 Å². The molecule has 0 fully saturated rings. The number of carbonyl (C=O) groups is 1. The molecule has 98 valence electrons. The molecule has 0 aliphatic carbocycles. The summed E-state index contributed by atoms with van der Waals surface area (Å²) in [6.07, 6.45) is 0. The lowest BCUT2D eigenvalue weighted by atomic mass is 10.1. The molecule has 1 aromatic carbocycles. The number of carboxylic acids is 1. The van der Waals surface area contributed by atoms with Gasteiger partial charge < -0.3 is 9.63 Å². The zero-order valence-corrected chi connectivity index (χ0v) is 8.83. The highest BCUT2D eigenvalue weighted by Gasteiger charge is 2.27. The zero-order chi connectivity index (χ0) is 14.2. The lowest BCUT2D eigenvalue weighted by Crippen LogP contribution is -2.00. The summed E-state index contributed by atoms with van der Waals surface area (Å²) >= 11 is 0. The monoisotopic (exact) mass is 271 g/mol. The van der Waals surface area contributed by atoms with E-state index in [9.17, 15) is 23.7 Å². The van der Waals surface area contributed by atoms with Gasteiger partial charge in [-0.1, -0.05) is 0 Å². The minimum atomic E-state index is -1.57. The Hall–Kier alpha value is -2.91. The van der Waals surface area contributed by atoms with Crippen LogP contribution < -0.4 is 0 Å². The van der Waals surface area contributed by atoms with E-state index in [1.807, 2.05) is 0 Å². The Bertz CT molecular complexity index is 684. The minimum absolute atomic E-state index is 0.628. The number of aromatic nitrogens is 2. The lowest BCUT2D eigenvalue weighted by Gasteiger charge is -2.00. The van der Waals surface area contributed by atoms with Gasteiger partial charge in [-0.3, -0.25) is 10.1 Å². The Morgan fingerprint density at radius 3 is 2.63 bits per heavy atom. The summed E-state index contributed by atoms with van der Waals surface area (Å²) in [6.45, 7) is 0. The average molecular weight is 271 g/mol. The van der Waals surface area contributed by atoms with Gasteiger partial charge in [-0.25, -0.2) is 9.18 Å². The number of nitrogens with zero attached hydrogens (tertiary/aromatic N) is 3. The third kappa shape index (κ3) is 2.10. The first-order chi connectivity index (χ1) is 8.91. The van der Waals surface area contributed by atoms with Gasteiger partial charge in [0.25, 0.3) is 11.7 Å². The molecule has 0 radical (unpaired) electrons. The Morgan fingerprint density at radius 2 is 2.11 bits per heavy atom. The summed E-state index contributed by atoms with van der Waals surface area (Å²) in [4.78, 5) is 23.2. The van der Waals surface area contributed by atoms with E-state index in [4.69, 9.17) is 5.11 Å². The van der Waals surface area contributed by atoms with Gasteiger partial charge in [-0.05, 0) is 11.2 Å². The van der Waals surface area contributed by atoms with Crippen molar-refractivity contribution in [3.63, 3.8) is 0 Å². The molecular formula is C9H3F2N3O5. The minimum Gasteiger partial charge on any atom is -0.475 e. The number of benzene rings is 1. The maximum atomic E-state index is 13.7. The highest BCUT2D eigenvalue weighted by molar-refractivity contribution is 5.83. The Labute approximate surface area is 102 Å². The quantitative estimate of drug-likeness (QED) is 0.665. The van der Waals surface area contributed by atoms with Crippen molar-refractivity contribution < 1.29 is 28.1 Å². The Kier molecular flexibility index (Phi) is 2.91. The molecule has 0 atom stereocenters. The van der Waals surface area contributed by atoms with Crippen molar-refractivity contribution in [2.24, 2.45) is 0 Å². The number of aromatic carboxylic acids is 1. The van der Waals surface area contributed by atoms with Crippen molar-refractivity contribution >= 4 is 11.7 Å². The molecule has 2 aromatic rings. The smallest absolute Gasteiger partial charge is 0.377 e. The molecule has 2 rings (SSSR count). The molecule has 1 aromatic heterocycles. The predicted molar refractivity (Wildman–Crippen MR) is 53.3 cm³/mol. The van der Waals surface area contributed by atoms with Gasteiger partial charge in [0.05, 0.1) is 4.92 Å². The molecule has 0 bridgehead atoms. The van der Waals surface area contributed by atoms with Crippen LogP contribution in [0, 0.1) is 21.7 Å². The second kappa shape index (κ2) is 4.40. The maximum Gasteiger partial charge on any atom is 0.377 e. The number of nitro benzene ring substituents is 1. The molecule has 0 saturated heterocycles. The van der Waals surface area contributed by atoms with Crippen LogP contribution in [0.2, 0.25) is 0 Å². The zero-order valence-electron chi connectivity index (χ0n) is 8.83. The third-order valence-corrected chi connectivity index (χ3v) is 2.10. The average Bonchev–Trinajstić information content (AvgIpc) is 2.78. The number of rotatable bonds is 3. The van der Waals surface area contributed by atoms with Crippen LogP contribution in [-0.4, -0.2) is 26.1 Å². The van der Waals surface area contributed by atoms with Gasteiger partial charge in [0.1, 0.15) is 11.4 Å². The van der Waals surface area contributed by atoms with E-state index in [0.29, 0.717) is 12.1 Å². The molecule has 0 amide bonds. The molecular weight excluding hydrogens is 268 g/mol. The van der Waals surface area contributed by atoms with Gasteiger partial charge in [-0.2, -0.15) is 9.37 Å². The molecule has 0 unspecified atom stereocenters. The first-order valence-electron chi connectivity index (χ1n) is 4.61.